The molecule has 0 aromatic carbocycles. The molecule has 1 saturated carbocycles. The molecule has 12 nitrogen and oxygen atoms in total. The molecule has 2 fully saturated rings. The number of urea groups is 1. The van der Waals surface area contributed by atoms with E-state index in [1.807, 2.05) is 0 Å². The number of carbonyl (C=O) groups excluding carboxylic acids is 2. The number of fused-ring (bicyclic) bond motifs is 1. The number of halogens is 4. The van der Waals surface area contributed by atoms with E-state index in [0.717, 1.165) is 4.90 Å². The van der Waals surface area contributed by atoms with Gasteiger partial charge in [-0.25, -0.2) is 36.5 Å². The van der Waals surface area contributed by atoms with Crippen molar-refractivity contribution >= 4 is 17.6 Å². The Morgan fingerprint density at radius 3 is 2.62 bits per heavy atom. The summed E-state index contributed by atoms with van der Waals surface area (Å²) in [4.78, 5) is 31.3. The molecule has 2 N–H and O–H groups in total. The Labute approximate surface area is 238 Å². The zero-order valence-corrected chi connectivity index (χ0v) is 23.3. The minimum atomic E-state index is -3.14. The number of aromatic nitrogens is 5. The van der Waals surface area contributed by atoms with Gasteiger partial charge in [0.15, 0.2) is 11.3 Å². The third-order valence-corrected chi connectivity index (χ3v) is 7.58. The average Bonchev–Trinajstić information content (AvgIpc) is 3.55. The Kier molecular flexibility index (Phi) is 8.09. The summed E-state index contributed by atoms with van der Waals surface area (Å²) in [6.07, 6.45) is 2.42. The van der Waals surface area contributed by atoms with Gasteiger partial charge in [-0.05, 0) is 50.8 Å². The molecule has 2 atom stereocenters. The van der Waals surface area contributed by atoms with Crippen molar-refractivity contribution in [2.75, 3.05) is 19.7 Å². The molecular formula is C26H32F4N8O4. The third-order valence-electron chi connectivity index (χ3n) is 7.58. The second-order valence-corrected chi connectivity index (χ2v) is 11.1. The molecule has 3 amide bonds. The van der Waals surface area contributed by atoms with Crippen LogP contribution in [0.2, 0.25) is 0 Å². The van der Waals surface area contributed by atoms with Crippen molar-refractivity contribution in [2.24, 2.45) is 5.92 Å². The Morgan fingerprint density at radius 1 is 1.21 bits per heavy atom. The van der Waals surface area contributed by atoms with Crippen molar-refractivity contribution in [3.05, 3.63) is 41.1 Å². The summed E-state index contributed by atoms with van der Waals surface area (Å²) in [7, 11) is 0. The minimum absolute atomic E-state index is 0.0325. The number of carbonyl (C=O) groups is 2. The van der Waals surface area contributed by atoms with Gasteiger partial charge >= 0.3 is 6.03 Å². The first-order valence-corrected chi connectivity index (χ1v) is 13.7. The van der Waals surface area contributed by atoms with Crippen LogP contribution >= 0.6 is 0 Å². The molecule has 2 aliphatic rings. The second-order valence-electron chi connectivity index (χ2n) is 11.1. The molecule has 42 heavy (non-hydrogen) atoms. The molecule has 4 heterocycles. The number of ether oxygens (including phenoxy) is 1. The van der Waals surface area contributed by atoms with Crippen molar-refractivity contribution in [1.82, 2.24) is 40.4 Å². The van der Waals surface area contributed by atoms with Crippen LogP contribution in [0.25, 0.3) is 5.65 Å². The second kappa shape index (κ2) is 11.5. The summed E-state index contributed by atoms with van der Waals surface area (Å²) in [6, 6.07) is -0.710. The first-order valence-electron chi connectivity index (χ1n) is 13.7. The predicted molar refractivity (Wildman–Crippen MR) is 138 cm³/mol. The molecule has 0 bridgehead atoms. The zero-order chi connectivity index (χ0) is 30.2. The summed E-state index contributed by atoms with van der Waals surface area (Å²) >= 11 is 0. The van der Waals surface area contributed by atoms with Gasteiger partial charge in [-0.2, -0.15) is 5.10 Å². The molecule has 2 unspecified atom stereocenters. The summed E-state index contributed by atoms with van der Waals surface area (Å²) in [6.45, 7) is 3.51. The van der Waals surface area contributed by atoms with Gasteiger partial charge in [-0.15, -0.1) is 0 Å². The molecule has 0 radical (unpaired) electrons. The zero-order valence-electron chi connectivity index (χ0n) is 23.3. The Morgan fingerprint density at radius 2 is 1.95 bits per heavy atom. The van der Waals surface area contributed by atoms with Crippen LogP contribution in [-0.4, -0.2) is 79.4 Å². The fraction of sp³-hybridized carbons (Fsp3) is 0.615. The topological polar surface area (TPSA) is 140 Å². The van der Waals surface area contributed by atoms with Gasteiger partial charge in [0.25, 0.3) is 11.8 Å². The van der Waals surface area contributed by atoms with E-state index in [0.29, 0.717) is 16.9 Å². The number of nitrogens with zero attached hydrogens (tertiary/aromatic N) is 6. The SMILES string of the molecule is Cc1nonc1C(=O)NC(c1cn2ncc(C(COC(C)C)N3CC(F)(F)CNC3=O)cc2n1)C1CCC(F)(F)CC1. The van der Waals surface area contributed by atoms with E-state index >= 15 is 0 Å². The number of nitrogens with one attached hydrogen (secondary N) is 2. The molecule has 5 rings (SSSR count). The smallest absolute Gasteiger partial charge is 0.318 e. The van der Waals surface area contributed by atoms with Crippen LogP contribution in [0.4, 0.5) is 22.4 Å². The van der Waals surface area contributed by atoms with Crippen LogP contribution in [0.3, 0.4) is 0 Å². The van der Waals surface area contributed by atoms with Gasteiger partial charge in [0.1, 0.15) is 5.69 Å². The van der Waals surface area contributed by atoms with E-state index in [1.165, 1.54) is 10.7 Å². The fourth-order valence-corrected chi connectivity index (χ4v) is 5.30. The molecule has 1 aliphatic heterocycles. The van der Waals surface area contributed by atoms with E-state index < -0.39 is 49.0 Å². The van der Waals surface area contributed by atoms with E-state index in [4.69, 9.17) is 4.74 Å². The van der Waals surface area contributed by atoms with Crippen LogP contribution in [-0.2, 0) is 4.74 Å². The van der Waals surface area contributed by atoms with Crippen molar-refractivity contribution in [3.8, 4) is 0 Å². The Bertz CT molecular complexity index is 1430. The van der Waals surface area contributed by atoms with Gasteiger partial charge < -0.3 is 20.3 Å². The first-order chi connectivity index (χ1) is 19.8. The van der Waals surface area contributed by atoms with E-state index in [1.54, 1.807) is 33.0 Å². The van der Waals surface area contributed by atoms with Crippen molar-refractivity contribution in [2.45, 2.75) is 76.5 Å². The quantitative estimate of drug-likeness (QED) is 0.355. The van der Waals surface area contributed by atoms with Crippen molar-refractivity contribution in [3.63, 3.8) is 0 Å². The van der Waals surface area contributed by atoms with Crippen LogP contribution in [0.5, 0.6) is 0 Å². The van der Waals surface area contributed by atoms with Gasteiger partial charge in [-0.1, -0.05) is 5.16 Å². The van der Waals surface area contributed by atoms with Gasteiger partial charge in [0.05, 0.1) is 56.0 Å². The summed E-state index contributed by atoms with van der Waals surface area (Å²) < 4.78 is 68.3. The number of aryl methyl sites for hydroxylation is 1. The van der Waals surface area contributed by atoms with Gasteiger partial charge in [0.2, 0.25) is 5.92 Å². The highest BCUT2D eigenvalue weighted by Crippen LogP contribution is 2.41. The Hall–Kier alpha value is -3.82. The lowest BCUT2D eigenvalue weighted by Gasteiger charge is -2.38. The summed E-state index contributed by atoms with van der Waals surface area (Å²) in [5, 5.41) is 16.7. The molecule has 16 heteroatoms. The lowest BCUT2D eigenvalue weighted by Crippen LogP contribution is -2.58. The van der Waals surface area contributed by atoms with Crippen molar-refractivity contribution in [1.29, 1.82) is 0 Å². The van der Waals surface area contributed by atoms with Crippen LogP contribution in [0.15, 0.2) is 23.1 Å². The highest BCUT2D eigenvalue weighted by molar-refractivity contribution is 5.93. The fourth-order valence-electron chi connectivity index (χ4n) is 5.30. The minimum Gasteiger partial charge on any atom is -0.376 e. The summed E-state index contributed by atoms with van der Waals surface area (Å²) in [5.74, 6) is -6.87. The standard InChI is InChI=1S/C26H32F4N8O4/c1-14(2)41-11-19(37-13-26(29,30)12-31-24(37)40)17-8-20-33-18(10-38(20)32-9-17)22(16-4-6-25(27,28)7-5-16)34-23(39)21-15(3)35-42-36-21/h8-10,14,16,19,22H,4-7,11-13H2,1-3H3,(H,31,40)(H,34,39). The third kappa shape index (κ3) is 6.47. The normalized spacial score (nSPS) is 20.5. The number of amides is 3. The van der Waals surface area contributed by atoms with Gasteiger partial charge in [-0.3, -0.25) is 4.79 Å². The van der Waals surface area contributed by atoms with E-state index in [9.17, 15) is 27.2 Å². The van der Waals surface area contributed by atoms with E-state index in [-0.39, 0.29) is 55.7 Å². The monoisotopic (exact) mass is 596 g/mol. The van der Waals surface area contributed by atoms with Gasteiger partial charge in [0, 0.05) is 18.4 Å². The Balaban J connectivity index is 1.47. The number of hydrogen-bond acceptors (Lipinski definition) is 8. The maximum atomic E-state index is 14.3. The first kappa shape index (κ1) is 29.7. The maximum Gasteiger partial charge on any atom is 0.318 e. The number of alkyl halides is 4. The highest BCUT2D eigenvalue weighted by Gasteiger charge is 2.43. The molecule has 3 aromatic heterocycles. The highest BCUT2D eigenvalue weighted by atomic mass is 19.3. The number of imidazole rings is 1. The predicted octanol–water partition coefficient (Wildman–Crippen LogP) is 3.84. The molecular weight excluding hydrogens is 564 g/mol. The summed E-state index contributed by atoms with van der Waals surface area (Å²) in [5.41, 5.74) is 1.32. The number of hydrogen-bond donors (Lipinski definition) is 2. The van der Waals surface area contributed by atoms with Crippen LogP contribution < -0.4 is 10.6 Å². The van der Waals surface area contributed by atoms with Crippen LogP contribution in [0.1, 0.15) is 79.1 Å². The lowest BCUT2D eigenvalue weighted by molar-refractivity contribution is -0.0569. The average molecular weight is 597 g/mol. The molecule has 1 saturated heterocycles. The van der Waals surface area contributed by atoms with Crippen LogP contribution in [0, 0.1) is 12.8 Å². The molecule has 228 valence electrons. The number of rotatable bonds is 9. The largest absolute Gasteiger partial charge is 0.376 e. The molecule has 1 aliphatic carbocycles. The lowest BCUT2D eigenvalue weighted by atomic mass is 9.81. The molecule has 0 spiro atoms. The maximum absolute atomic E-state index is 14.3. The van der Waals surface area contributed by atoms with E-state index in [2.05, 4.69) is 35.7 Å². The molecule has 3 aromatic rings. The van der Waals surface area contributed by atoms with Crippen molar-refractivity contribution < 1.29 is 36.5 Å².